The van der Waals surface area contributed by atoms with Crippen LogP contribution in [0.1, 0.15) is 5.56 Å². The van der Waals surface area contributed by atoms with E-state index in [1.807, 2.05) is 0 Å². The van der Waals surface area contributed by atoms with E-state index >= 15 is 0 Å². The van der Waals surface area contributed by atoms with Gasteiger partial charge in [-0.2, -0.15) is 0 Å². The molecular weight excluding hydrogens is 192 g/mol. The lowest BCUT2D eigenvalue weighted by Gasteiger charge is -1.97. The molecule has 0 unspecified atom stereocenters. The number of hydrogen-bond donors (Lipinski definition) is 2. The van der Waals surface area contributed by atoms with E-state index in [1.165, 1.54) is 24.3 Å². The summed E-state index contributed by atoms with van der Waals surface area (Å²) in [6.45, 7) is 0. The molecule has 1 aromatic rings. The van der Waals surface area contributed by atoms with Gasteiger partial charge in [-0.15, -0.1) is 0 Å². The van der Waals surface area contributed by atoms with Gasteiger partial charge in [0.05, 0.1) is 0 Å². The zero-order valence-corrected chi connectivity index (χ0v) is 7.32. The molecule has 0 bridgehead atoms. The van der Waals surface area contributed by atoms with Gasteiger partial charge in [-0.25, -0.2) is 4.79 Å². The molecule has 0 spiro atoms. The number of aromatic hydroxyl groups is 1. The fourth-order valence-electron chi connectivity index (χ4n) is 0.820. The summed E-state index contributed by atoms with van der Waals surface area (Å²) < 4.78 is 0. The topological polar surface area (TPSA) is 57.5 Å². The van der Waals surface area contributed by atoms with Gasteiger partial charge in [0.2, 0.25) is 0 Å². The second kappa shape index (κ2) is 3.96. The largest absolute Gasteiger partial charge is 0.508 e. The smallest absolute Gasteiger partial charge is 0.328 e. The molecule has 0 aromatic heterocycles. The number of carboxylic acids is 1. The Hall–Kier alpha value is -1.48. The summed E-state index contributed by atoms with van der Waals surface area (Å²) >= 11 is 5.72. The van der Waals surface area contributed by atoms with Crippen molar-refractivity contribution in [3.8, 4) is 5.75 Å². The molecule has 0 aliphatic carbocycles. The minimum absolute atomic E-state index is 0.0504. The molecule has 0 atom stereocenters. The van der Waals surface area contributed by atoms with E-state index in [0.717, 1.165) is 6.08 Å². The van der Waals surface area contributed by atoms with Crippen LogP contribution in [0.5, 0.6) is 5.75 Å². The monoisotopic (exact) mass is 198 g/mol. The molecule has 2 N–H and O–H groups in total. The lowest BCUT2D eigenvalue weighted by Crippen LogP contribution is -1.85. The van der Waals surface area contributed by atoms with Crippen molar-refractivity contribution >= 4 is 23.6 Å². The van der Waals surface area contributed by atoms with Gasteiger partial charge in [-0.1, -0.05) is 11.6 Å². The molecule has 0 heterocycles. The second-order valence-corrected chi connectivity index (χ2v) is 2.78. The van der Waals surface area contributed by atoms with Gasteiger partial charge in [0.15, 0.2) is 0 Å². The molecule has 0 amide bonds. The van der Waals surface area contributed by atoms with E-state index in [1.54, 1.807) is 0 Å². The summed E-state index contributed by atoms with van der Waals surface area (Å²) in [6, 6.07) is 4.32. The molecule has 3 nitrogen and oxygen atoms in total. The van der Waals surface area contributed by atoms with Gasteiger partial charge in [0, 0.05) is 11.1 Å². The summed E-state index contributed by atoms with van der Waals surface area (Å²) in [4.78, 5) is 10.2. The number of halogens is 1. The van der Waals surface area contributed by atoms with Crippen LogP contribution in [0.15, 0.2) is 24.3 Å². The average molecular weight is 199 g/mol. The Bertz CT molecular complexity index is 358. The summed E-state index contributed by atoms with van der Waals surface area (Å²) in [5.41, 5.74) is 0.476. The Kier molecular flexibility index (Phi) is 2.93. The second-order valence-electron chi connectivity index (χ2n) is 2.38. The number of carboxylic acid groups (broad SMARTS) is 1. The van der Waals surface area contributed by atoms with Crippen molar-refractivity contribution in [3.63, 3.8) is 0 Å². The third kappa shape index (κ3) is 2.80. The van der Waals surface area contributed by atoms with Gasteiger partial charge in [0.25, 0.3) is 0 Å². The van der Waals surface area contributed by atoms with Gasteiger partial charge < -0.3 is 10.2 Å². The molecule has 0 saturated carbocycles. The van der Waals surface area contributed by atoms with E-state index in [0.29, 0.717) is 10.6 Å². The maximum Gasteiger partial charge on any atom is 0.328 e. The van der Waals surface area contributed by atoms with Gasteiger partial charge in [-0.3, -0.25) is 0 Å². The minimum atomic E-state index is -1.06. The first kappa shape index (κ1) is 9.61. The standard InChI is InChI=1S/C9H7ClO3/c10-8-3-2-7(11)5-6(8)1-4-9(12)13/h1-5,11H,(H,12,13). The van der Waals surface area contributed by atoms with Gasteiger partial charge >= 0.3 is 5.97 Å². The zero-order chi connectivity index (χ0) is 9.84. The Morgan fingerprint density at radius 2 is 2.15 bits per heavy atom. The zero-order valence-electron chi connectivity index (χ0n) is 6.57. The maximum absolute atomic E-state index is 10.2. The van der Waals surface area contributed by atoms with Crippen LogP contribution >= 0.6 is 11.6 Å². The number of phenols is 1. The predicted octanol–water partition coefficient (Wildman–Crippen LogP) is 2.14. The fourth-order valence-corrected chi connectivity index (χ4v) is 1.00. The summed E-state index contributed by atoms with van der Waals surface area (Å²) in [5, 5.41) is 17.8. The quantitative estimate of drug-likeness (QED) is 0.716. The number of aliphatic carboxylic acids is 1. The molecule has 0 saturated heterocycles. The highest BCUT2D eigenvalue weighted by atomic mass is 35.5. The molecule has 1 aromatic carbocycles. The number of carbonyl (C=O) groups is 1. The molecule has 0 aliphatic rings. The Balaban J connectivity index is 3.00. The first-order valence-electron chi connectivity index (χ1n) is 3.49. The lowest BCUT2D eigenvalue weighted by molar-refractivity contribution is -0.131. The Morgan fingerprint density at radius 1 is 1.46 bits per heavy atom. The van der Waals surface area contributed by atoms with E-state index in [4.69, 9.17) is 21.8 Å². The number of benzene rings is 1. The summed E-state index contributed by atoms with van der Waals surface area (Å²) in [7, 11) is 0. The predicted molar refractivity (Wildman–Crippen MR) is 49.8 cm³/mol. The number of rotatable bonds is 2. The van der Waals surface area contributed by atoms with E-state index in [9.17, 15) is 4.79 Å². The first-order valence-corrected chi connectivity index (χ1v) is 3.87. The molecule has 4 heteroatoms. The van der Waals surface area contributed by atoms with Gasteiger partial charge in [-0.05, 0) is 29.8 Å². The molecule has 0 fully saturated rings. The van der Waals surface area contributed by atoms with E-state index in [2.05, 4.69) is 0 Å². The van der Waals surface area contributed by atoms with Crippen molar-refractivity contribution in [1.82, 2.24) is 0 Å². The normalized spacial score (nSPS) is 10.5. The fraction of sp³-hybridized carbons (Fsp3) is 0. The molecule has 1 rings (SSSR count). The van der Waals surface area contributed by atoms with Crippen molar-refractivity contribution < 1.29 is 15.0 Å². The van der Waals surface area contributed by atoms with Crippen molar-refractivity contribution in [3.05, 3.63) is 34.9 Å². The van der Waals surface area contributed by atoms with Crippen molar-refractivity contribution in [2.45, 2.75) is 0 Å². The highest BCUT2D eigenvalue weighted by Crippen LogP contribution is 2.22. The van der Waals surface area contributed by atoms with E-state index in [-0.39, 0.29) is 5.75 Å². The first-order chi connectivity index (χ1) is 6.09. The highest BCUT2D eigenvalue weighted by molar-refractivity contribution is 6.32. The summed E-state index contributed by atoms with van der Waals surface area (Å²) in [6.07, 6.45) is 2.28. The van der Waals surface area contributed by atoms with Crippen molar-refractivity contribution in [1.29, 1.82) is 0 Å². The lowest BCUT2D eigenvalue weighted by atomic mass is 10.2. The van der Waals surface area contributed by atoms with Crippen LogP contribution in [-0.4, -0.2) is 16.2 Å². The van der Waals surface area contributed by atoms with Crippen LogP contribution in [0.4, 0.5) is 0 Å². The van der Waals surface area contributed by atoms with Crippen LogP contribution in [0, 0.1) is 0 Å². The molecular formula is C9H7ClO3. The summed E-state index contributed by atoms with van der Waals surface area (Å²) in [5.74, 6) is -1.01. The van der Waals surface area contributed by atoms with Crippen molar-refractivity contribution in [2.24, 2.45) is 0 Å². The third-order valence-corrected chi connectivity index (χ3v) is 1.73. The molecule has 0 radical (unpaired) electrons. The average Bonchev–Trinajstić information content (AvgIpc) is 2.06. The number of hydrogen-bond acceptors (Lipinski definition) is 2. The molecule has 0 aliphatic heterocycles. The number of phenolic OH excluding ortho intramolecular Hbond substituents is 1. The van der Waals surface area contributed by atoms with Crippen molar-refractivity contribution in [2.75, 3.05) is 0 Å². The Morgan fingerprint density at radius 3 is 2.77 bits per heavy atom. The van der Waals surface area contributed by atoms with E-state index < -0.39 is 5.97 Å². The Labute approximate surface area is 79.9 Å². The molecule has 13 heavy (non-hydrogen) atoms. The molecule has 68 valence electrons. The van der Waals surface area contributed by atoms with Crippen LogP contribution in [-0.2, 0) is 4.79 Å². The maximum atomic E-state index is 10.2. The SMILES string of the molecule is O=C(O)C=Cc1cc(O)ccc1Cl. The van der Waals surface area contributed by atoms with Crippen LogP contribution in [0.25, 0.3) is 6.08 Å². The van der Waals surface area contributed by atoms with Crippen LogP contribution in [0.2, 0.25) is 5.02 Å². The highest BCUT2D eigenvalue weighted by Gasteiger charge is 1.98. The van der Waals surface area contributed by atoms with Crippen LogP contribution < -0.4 is 0 Å². The minimum Gasteiger partial charge on any atom is -0.508 e. The van der Waals surface area contributed by atoms with Crippen LogP contribution in [0.3, 0.4) is 0 Å². The van der Waals surface area contributed by atoms with Gasteiger partial charge in [0.1, 0.15) is 5.75 Å². The third-order valence-electron chi connectivity index (χ3n) is 1.39.